The zero-order valence-electron chi connectivity index (χ0n) is 7.78. The summed E-state index contributed by atoms with van der Waals surface area (Å²) in [4.78, 5) is 0. The third-order valence-corrected chi connectivity index (χ3v) is 3.20. The maximum absolute atomic E-state index is 3.34. The Kier molecular flexibility index (Phi) is 5.01. The molecule has 0 amide bonds. The van der Waals surface area contributed by atoms with E-state index in [-0.39, 0.29) is 0 Å². The van der Waals surface area contributed by atoms with Crippen LogP contribution in [0.4, 0.5) is 0 Å². The van der Waals surface area contributed by atoms with Gasteiger partial charge in [-0.2, -0.15) is 0 Å². The molecule has 0 aromatic carbocycles. The normalized spacial score (nSPS) is 23.5. The minimum Gasteiger partial charge on any atom is -0.126 e. The summed E-state index contributed by atoms with van der Waals surface area (Å²) in [5.41, 5.74) is 4.88. The molecule has 68 valence electrons. The third kappa shape index (κ3) is 3.32. The van der Waals surface area contributed by atoms with E-state index in [1.54, 1.807) is 5.57 Å². The Bertz CT molecular complexity index is 177. The first kappa shape index (κ1) is 10.3. The van der Waals surface area contributed by atoms with E-state index in [2.05, 4.69) is 35.2 Å². The van der Waals surface area contributed by atoms with Crippen LogP contribution in [0.25, 0.3) is 0 Å². The summed E-state index contributed by atoms with van der Waals surface area (Å²) < 4.78 is 1.32. The molecule has 0 unspecified atom stereocenters. The Morgan fingerprint density at radius 2 is 2.17 bits per heavy atom. The van der Waals surface area contributed by atoms with Crippen molar-refractivity contribution in [3.8, 4) is 0 Å². The zero-order valence-corrected chi connectivity index (χ0v) is 9.93. The van der Waals surface area contributed by atoms with Crippen LogP contribution in [0.2, 0.25) is 0 Å². The van der Waals surface area contributed by atoms with E-state index < -0.39 is 0 Å². The molecule has 0 aliphatic heterocycles. The van der Waals surface area contributed by atoms with Crippen molar-refractivity contribution in [2.24, 2.45) is 5.92 Å². The maximum Gasteiger partial charge on any atom is -0.000209 e. The van der Waals surface area contributed by atoms with E-state index >= 15 is 0 Å². The molecule has 0 nitrogen and oxygen atoms in total. The Hall–Kier alpha value is 0.250. The average Bonchev–Trinajstić information content (AvgIpc) is 2.09. The molecular formula is C11H17I. The van der Waals surface area contributed by atoms with Crippen LogP contribution in [0.15, 0.2) is 17.4 Å². The molecule has 1 rings (SSSR count). The second-order valence-corrected chi connectivity index (χ2v) is 4.54. The minimum absolute atomic E-state index is 1.00. The summed E-state index contributed by atoms with van der Waals surface area (Å²) in [6.45, 7) is 2.06. The van der Waals surface area contributed by atoms with Gasteiger partial charge in [0.1, 0.15) is 0 Å². The number of halogens is 1. The third-order valence-electron chi connectivity index (χ3n) is 2.57. The molecular weight excluding hydrogens is 259 g/mol. The lowest BCUT2D eigenvalue weighted by atomic mass is 9.85. The van der Waals surface area contributed by atoms with Crippen LogP contribution in [0.3, 0.4) is 0 Å². The lowest BCUT2D eigenvalue weighted by Gasteiger charge is -2.21. The molecule has 0 atom stereocenters. The predicted molar refractivity (Wildman–Crippen MR) is 62.7 cm³/mol. The Balaban J connectivity index is 2.34. The van der Waals surface area contributed by atoms with E-state index in [0.29, 0.717) is 0 Å². The van der Waals surface area contributed by atoms with E-state index in [0.717, 1.165) is 5.92 Å². The molecule has 0 N–H and O–H groups in total. The minimum atomic E-state index is 1.00. The van der Waals surface area contributed by atoms with Gasteiger partial charge in [0, 0.05) is 0 Å². The van der Waals surface area contributed by atoms with Crippen molar-refractivity contribution in [1.29, 1.82) is 0 Å². The fraction of sp³-hybridized carbons (Fsp3) is 0.727. The van der Waals surface area contributed by atoms with Crippen molar-refractivity contribution in [2.75, 3.05) is 4.43 Å². The molecule has 0 radical (unpaired) electrons. The fourth-order valence-electron chi connectivity index (χ4n) is 1.82. The number of hydrogen-bond acceptors (Lipinski definition) is 0. The number of hydrogen-bond donors (Lipinski definition) is 0. The van der Waals surface area contributed by atoms with Gasteiger partial charge >= 0.3 is 0 Å². The SMILES string of the molecule is CC=C=C1CCC(CCI)CC1. The molecule has 0 spiro atoms. The van der Waals surface area contributed by atoms with Gasteiger partial charge in [0.2, 0.25) is 0 Å². The molecule has 0 aromatic heterocycles. The highest BCUT2D eigenvalue weighted by molar-refractivity contribution is 14.1. The first-order valence-corrected chi connectivity index (χ1v) is 6.34. The van der Waals surface area contributed by atoms with E-state index in [1.165, 1.54) is 36.5 Å². The van der Waals surface area contributed by atoms with Crippen molar-refractivity contribution in [3.05, 3.63) is 17.4 Å². The smallest absolute Gasteiger partial charge is 0.000209 e. The van der Waals surface area contributed by atoms with Gasteiger partial charge in [0.05, 0.1) is 0 Å². The van der Waals surface area contributed by atoms with Crippen molar-refractivity contribution in [2.45, 2.75) is 39.0 Å². The largest absolute Gasteiger partial charge is 0.126 e. The van der Waals surface area contributed by atoms with Gasteiger partial charge in [-0.25, -0.2) is 0 Å². The van der Waals surface area contributed by atoms with Crippen LogP contribution >= 0.6 is 22.6 Å². The van der Waals surface area contributed by atoms with E-state index in [1.807, 2.05) is 6.08 Å². The molecule has 12 heavy (non-hydrogen) atoms. The summed E-state index contributed by atoms with van der Waals surface area (Å²) in [6.07, 6.45) is 8.87. The van der Waals surface area contributed by atoms with E-state index in [4.69, 9.17) is 0 Å². The molecule has 0 saturated heterocycles. The first-order valence-electron chi connectivity index (χ1n) is 4.82. The Morgan fingerprint density at radius 3 is 2.67 bits per heavy atom. The fourth-order valence-corrected chi connectivity index (χ4v) is 2.70. The summed E-state index contributed by atoms with van der Waals surface area (Å²) in [5, 5.41) is 0. The molecule has 0 bridgehead atoms. The van der Waals surface area contributed by atoms with Crippen LogP contribution < -0.4 is 0 Å². The Morgan fingerprint density at radius 1 is 1.50 bits per heavy atom. The molecule has 1 fully saturated rings. The summed E-state index contributed by atoms with van der Waals surface area (Å²) >= 11 is 2.48. The molecule has 1 aliphatic carbocycles. The van der Waals surface area contributed by atoms with Crippen molar-refractivity contribution in [3.63, 3.8) is 0 Å². The summed E-state index contributed by atoms with van der Waals surface area (Å²) in [7, 11) is 0. The van der Waals surface area contributed by atoms with Crippen LogP contribution in [0.5, 0.6) is 0 Å². The van der Waals surface area contributed by atoms with Crippen LogP contribution in [-0.2, 0) is 0 Å². The number of rotatable bonds is 2. The standard InChI is InChI=1S/C11H17I/c1-2-3-10-4-6-11(7-5-10)8-9-12/h2,11H,4-9H2,1H3. The summed E-state index contributed by atoms with van der Waals surface area (Å²) in [6, 6.07) is 0. The van der Waals surface area contributed by atoms with Gasteiger partial charge in [-0.05, 0) is 61.0 Å². The van der Waals surface area contributed by atoms with Crippen LogP contribution in [-0.4, -0.2) is 4.43 Å². The van der Waals surface area contributed by atoms with Gasteiger partial charge in [-0.15, -0.1) is 5.73 Å². The molecule has 1 aliphatic rings. The lowest BCUT2D eigenvalue weighted by Crippen LogP contribution is -2.07. The van der Waals surface area contributed by atoms with Crippen molar-refractivity contribution >= 4 is 22.6 Å². The van der Waals surface area contributed by atoms with Crippen LogP contribution in [0, 0.1) is 5.92 Å². The molecule has 0 heterocycles. The first-order chi connectivity index (χ1) is 5.86. The lowest BCUT2D eigenvalue weighted by molar-refractivity contribution is 0.402. The summed E-state index contributed by atoms with van der Waals surface area (Å²) in [5.74, 6) is 1.00. The van der Waals surface area contributed by atoms with Crippen LogP contribution in [0.1, 0.15) is 39.0 Å². The predicted octanol–water partition coefficient (Wildman–Crippen LogP) is 4.10. The number of allylic oxidation sites excluding steroid dienone is 1. The van der Waals surface area contributed by atoms with E-state index in [9.17, 15) is 0 Å². The highest BCUT2D eigenvalue weighted by Gasteiger charge is 2.14. The Labute approximate surface area is 89.3 Å². The number of alkyl halides is 1. The highest BCUT2D eigenvalue weighted by atomic mass is 127. The second kappa shape index (κ2) is 5.82. The van der Waals surface area contributed by atoms with Gasteiger partial charge in [-0.3, -0.25) is 0 Å². The average molecular weight is 276 g/mol. The van der Waals surface area contributed by atoms with Gasteiger partial charge < -0.3 is 0 Å². The molecule has 1 saturated carbocycles. The van der Waals surface area contributed by atoms with Gasteiger partial charge in [0.15, 0.2) is 0 Å². The van der Waals surface area contributed by atoms with Gasteiger partial charge in [0.25, 0.3) is 0 Å². The van der Waals surface area contributed by atoms with Crippen molar-refractivity contribution in [1.82, 2.24) is 0 Å². The zero-order chi connectivity index (χ0) is 8.81. The maximum atomic E-state index is 3.34. The topological polar surface area (TPSA) is 0 Å². The van der Waals surface area contributed by atoms with Crippen molar-refractivity contribution < 1.29 is 0 Å². The molecule has 0 aromatic rings. The second-order valence-electron chi connectivity index (χ2n) is 3.46. The van der Waals surface area contributed by atoms with Gasteiger partial charge in [-0.1, -0.05) is 22.6 Å². The highest BCUT2D eigenvalue weighted by Crippen LogP contribution is 2.29. The quantitative estimate of drug-likeness (QED) is 0.404. The monoisotopic (exact) mass is 276 g/mol. The molecule has 1 heteroatoms.